The first-order valence-electron chi connectivity index (χ1n) is 5.79. The average molecular weight is 408 g/mol. The first-order valence-corrected chi connectivity index (χ1v) is 7.40. The van der Waals surface area contributed by atoms with Crippen LogP contribution in [0.15, 0.2) is 3.79 Å². The SMILES string of the molecule is Cl.NC(CO)CN1CC(F)(F)Cc2c(Br)sc(C(=O)O)c21. The molecule has 0 aromatic carbocycles. The Bertz CT molecular complexity index is 544. The second-order valence-electron chi connectivity index (χ2n) is 4.69. The van der Waals surface area contributed by atoms with E-state index in [4.69, 9.17) is 10.8 Å². The molecule has 5 nitrogen and oxygen atoms in total. The summed E-state index contributed by atoms with van der Waals surface area (Å²) < 4.78 is 27.9. The minimum absolute atomic E-state index is 0. The maximum Gasteiger partial charge on any atom is 0.348 e. The van der Waals surface area contributed by atoms with Gasteiger partial charge in [-0.3, -0.25) is 0 Å². The molecule has 0 saturated heterocycles. The van der Waals surface area contributed by atoms with Crippen LogP contribution in [0.2, 0.25) is 0 Å². The molecule has 120 valence electrons. The number of rotatable bonds is 4. The first kappa shape index (κ1) is 18.6. The van der Waals surface area contributed by atoms with Gasteiger partial charge in [-0.1, -0.05) is 0 Å². The zero-order chi connectivity index (χ0) is 15.1. The van der Waals surface area contributed by atoms with Gasteiger partial charge in [0.25, 0.3) is 5.92 Å². The molecule has 10 heteroatoms. The van der Waals surface area contributed by atoms with Gasteiger partial charge in [-0.15, -0.1) is 23.7 Å². The second kappa shape index (κ2) is 6.74. The van der Waals surface area contributed by atoms with Gasteiger partial charge < -0.3 is 20.8 Å². The average Bonchev–Trinajstić information content (AvgIpc) is 2.65. The summed E-state index contributed by atoms with van der Waals surface area (Å²) in [6, 6.07) is -0.711. The van der Waals surface area contributed by atoms with Gasteiger partial charge in [0, 0.05) is 24.6 Å². The Balaban J connectivity index is 0.00000220. The van der Waals surface area contributed by atoms with Crippen LogP contribution in [0.5, 0.6) is 0 Å². The molecule has 0 amide bonds. The molecule has 1 aliphatic rings. The Kier molecular flexibility index (Phi) is 5.96. The predicted molar refractivity (Wildman–Crippen MR) is 82.2 cm³/mol. The van der Waals surface area contributed by atoms with Crippen molar-refractivity contribution < 1.29 is 23.8 Å². The third-order valence-electron chi connectivity index (χ3n) is 2.99. The number of nitrogens with two attached hydrogens (primary N) is 1. The summed E-state index contributed by atoms with van der Waals surface area (Å²) >= 11 is 4.06. The van der Waals surface area contributed by atoms with Crippen LogP contribution in [0.3, 0.4) is 0 Å². The van der Waals surface area contributed by atoms with Crippen molar-refractivity contribution >= 4 is 51.3 Å². The van der Waals surface area contributed by atoms with E-state index in [1.807, 2.05) is 0 Å². The number of hydrogen-bond donors (Lipinski definition) is 3. The number of aliphatic hydroxyl groups excluding tert-OH is 1. The predicted octanol–water partition coefficient (Wildman–Crippen LogP) is 1.95. The molecular weight excluding hydrogens is 394 g/mol. The molecule has 0 aliphatic carbocycles. The Morgan fingerprint density at radius 1 is 1.57 bits per heavy atom. The van der Waals surface area contributed by atoms with Crippen molar-refractivity contribution in [2.45, 2.75) is 18.4 Å². The van der Waals surface area contributed by atoms with Gasteiger partial charge in [-0.05, 0) is 15.9 Å². The highest BCUT2D eigenvalue weighted by Crippen LogP contribution is 2.46. The van der Waals surface area contributed by atoms with E-state index in [9.17, 15) is 18.7 Å². The summed E-state index contributed by atoms with van der Waals surface area (Å²) in [5.74, 6) is -4.12. The molecule has 0 fully saturated rings. The molecule has 2 heterocycles. The number of nitrogens with zero attached hydrogens (tertiary/aromatic N) is 1. The third-order valence-corrected chi connectivity index (χ3v) is 4.95. The van der Waals surface area contributed by atoms with Crippen molar-refractivity contribution in [3.63, 3.8) is 0 Å². The van der Waals surface area contributed by atoms with Crippen molar-refractivity contribution in [1.29, 1.82) is 0 Å². The van der Waals surface area contributed by atoms with E-state index >= 15 is 0 Å². The van der Waals surface area contributed by atoms with E-state index in [1.54, 1.807) is 0 Å². The summed E-state index contributed by atoms with van der Waals surface area (Å²) in [6.45, 7) is -0.981. The molecule has 0 spiro atoms. The van der Waals surface area contributed by atoms with E-state index in [2.05, 4.69) is 15.9 Å². The topological polar surface area (TPSA) is 86.8 Å². The van der Waals surface area contributed by atoms with E-state index < -0.39 is 30.9 Å². The third kappa shape index (κ3) is 3.84. The molecule has 2 rings (SSSR count). The molecular formula is C11H14BrClF2N2O3S. The number of carboxylic acid groups (broad SMARTS) is 1. The number of fused-ring (bicyclic) bond motifs is 1. The zero-order valence-corrected chi connectivity index (χ0v) is 13.9. The van der Waals surface area contributed by atoms with Crippen LogP contribution in [-0.2, 0) is 6.42 Å². The van der Waals surface area contributed by atoms with Crippen molar-refractivity contribution in [2.75, 3.05) is 24.6 Å². The van der Waals surface area contributed by atoms with Crippen LogP contribution in [0.25, 0.3) is 0 Å². The molecule has 1 atom stereocenters. The standard InChI is InChI=1S/C11H13BrF2N2O3S.ClH/c12-9-6-1-11(13,14)4-16(2-5(15)3-17)7(6)8(20-9)10(18)19;/h5,17H,1-4,15H2,(H,18,19);1H. The number of anilines is 1. The van der Waals surface area contributed by atoms with Gasteiger partial charge in [-0.2, -0.15) is 0 Å². The number of carbonyl (C=O) groups is 1. The monoisotopic (exact) mass is 406 g/mol. The van der Waals surface area contributed by atoms with E-state index in [0.717, 1.165) is 11.3 Å². The minimum atomic E-state index is -2.96. The van der Waals surface area contributed by atoms with Crippen LogP contribution in [0.1, 0.15) is 15.2 Å². The molecule has 1 aliphatic heterocycles. The molecule has 1 unspecified atom stereocenters. The second-order valence-corrected chi connectivity index (χ2v) is 7.03. The Labute approximate surface area is 138 Å². The lowest BCUT2D eigenvalue weighted by Gasteiger charge is -2.36. The lowest BCUT2D eigenvalue weighted by Crippen LogP contribution is -2.49. The van der Waals surface area contributed by atoms with Gasteiger partial charge in [0.05, 0.1) is 22.6 Å². The Morgan fingerprint density at radius 2 is 2.19 bits per heavy atom. The lowest BCUT2D eigenvalue weighted by atomic mass is 10.0. The molecule has 21 heavy (non-hydrogen) atoms. The highest BCUT2D eigenvalue weighted by atomic mass is 79.9. The van der Waals surface area contributed by atoms with Gasteiger partial charge in [0.2, 0.25) is 0 Å². The Morgan fingerprint density at radius 3 is 2.71 bits per heavy atom. The number of thiophene rings is 1. The normalized spacial score (nSPS) is 17.9. The molecule has 1 aromatic rings. The quantitative estimate of drug-likeness (QED) is 0.710. The number of carboxylic acids is 1. The van der Waals surface area contributed by atoms with E-state index in [0.29, 0.717) is 3.79 Å². The summed E-state index contributed by atoms with van der Waals surface area (Å²) in [5, 5.41) is 18.2. The number of aliphatic hydroxyl groups is 1. The summed E-state index contributed by atoms with van der Waals surface area (Å²) in [5.41, 5.74) is 6.16. The van der Waals surface area contributed by atoms with Gasteiger partial charge >= 0.3 is 5.97 Å². The number of halogens is 4. The van der Waals surface area contributed by atoms with Crippen molar-refractivity contribution in [3.8, 4) is 0 Å². The van der Waals surface area contributed by atoms with E-state index in [1.165, 1.54) is 4.90 Å². The fraction of sp³-hybridized carbons (Fsp3) is 0.545. The molecule has 1 aromatic heterocycles. The number of hydrogen-bond acceptors (Lipinski definition) is 5. The maximum atomic E-state index is 13.8. The largest absolute Gasteiger partial charge is 0.477 e. The number of alkyl halides is 2. The first-order chi connectivity index (χ1) is 9.25. The fourth-order valence-corrected chi connectivity index (χ4v) is 3.95. The van der Waals surface area contributed by atoms with Crippen molar-refractivity contribution in [3.05, 3.63) is 14.2 Å². The van der Waals surface area contributed by atoms with Crippen LogP contribution in [-0.4, -0.2) is 47.8 Å². The molecule has 0 saturated carbocycles. The van der Waals surface area contributed by atoms with Crippen LogP contribution in [0, 0.1) is 0 Å². The minimum Gasteiger partial charge on any atom is -0.477 e. The fourth-order valence-electron chi connectivity index (χ4n) is 2.23. The smallest absolute Gasteiger partial charge is 0.348 e. The molecule has 0 bridgehead atoms. The van der Waals surface area contributed by atoms with Crippen molar-refractivity contribution in [2.24, 2.45) is 5.73 Å². The molecule has 4 N–H and O–H groups in total. The van der Waals surface area contributed by atoms with Gasteiger partial charge in [0.1, 0.15) is 4.88 Å². The van der Waals surface area contributed by atoms with Gasteiger partial charge in [0.15, 0.2) is 0 Å². The maximum absolute atomic E-state index is 13.8. The zero-order valence-electron chi connectivity index (χ0n) is 10.7. The van der Waals surface area contributed by atoms with Crippen LogP contribution < -0.4 is 10.6 Å². The molecule has 0 radical (unpaired) electrons. The summed E-state index contributed by atoms with van der Waals surface area (Å²) in [6.07, 6.45) is -0.502. The highest BCUT2D eigenvalue weighted by molar-refractivity contribution is 9.11. The lowest BCUT2D eigenvalue weighted by molar-refractivity contribution is 0.00474. The summed E-state index contributed by atoms with van der Waals surface area (Å²) in [4.78, 5) is 12.5. The summed E-state index contributed by atoms with van der Waals surface area (Å²) in [7, 11) is 0. The van der Waals surface area contributed by atoms with Crippen LogP contribution in [0.4, 0.5) is 14.5 Å². The Hall–Kier alpha value is -0.480. The highest BCUT2D eigenvalue weighted by Gasteiger charge is 2.42. The van der Waals surface area contributed by atoms with E-state index in [-0.39, 0.29) is 41.7 Å². The number of aromatic carboxylic acids is 1. The van der Waals surface area contributed by atoms with Gasteiger partial charge in [-0.25, -0.2) is 13.6 Å². The van der Waals surface area contributed by atoms with Crippen LogP contribution >= 0.6 is 39.7 Å². The van der Waals surface area contributed by atoms with Crippen molar-refractivity contribution in [1.82, 2.24) is 0 Å².